The number of aromatic nitrogens is 1. The van der Waals surface area contributed by atoms with E-state index in [1.54, 1.807) is 18.2 Å². The first kappa shape index (κ1) is 18.3. The smallest absolute Gasteiger partial charge is 0.416 e. The monoisotopic (exact) mass is 400 g/mol. The molecule has 1 heterocycles. The zero-order chi connectivity index (χ0) is 18.9. The van der Waals surface area contributed by atoms with Gasteiger partial charge in [-0.05, 0) is 36.4 Å². The second kappa shape index (κ2) is 7.01. The van der Waals surface area contributed by atoms with Gasteiger partial charge in [-0.15, -0.1) is 0 Å². The van der Waals surface area contributed by atoms with Crippen LogP contribution in [0.4, 0.5) is 18.9 Å². The van der Waals surface area contributed by atoms with Crippen molar-refractivity contribution < 1.29 is 22.4 Å². The average molecular weight is 401 g/mol. The van der Waals surface area contributed by atoms with Gasteiger partial charge in [-0.2, -0.15) is 13.2 Å². The van der Waals surface area contributed by atoms with Gasteiger partial charge in [0.1, 0.15) is 6.26 Å². The maximum absolute atomic E-state index is 12.6. The first-order chi connectivity index (χ1) is 12.3. The molecule has 0 atom stereocenters. The van der Waals surface area contributed by atoms with Crippen molar-refractivity contribution in [3.8, 4) is 11.5 Å². The molecule has 9 heteroatoms. The second-order valence-electron chi connectivity index (χ2n) is 5.16. The van der Waals surface area contributed by atoms with Crippen molar-refractivity contribution in [3.63, 3.8) is 0 Å². The minimum absolute atomic E-state index is 0.00845. The number of halogens is 5. The van der Waals surface area contributed by atoms with Crippen molar-refractivity contribution in [2.24, 2.45) is 0 Å². The molecule has 0 unspecified atom stereocenters. The van der Waals surface area contributed by atoms with Crippen LogP contribution in [0.2, 0.25) is 10.0 Å². The molecule has 1 N–H and O–H groups in total. The van der Waals surface area contributed by atoms with E-state index >= 15 is 0 Å². The molecular weight excluding hydrogens is 392 g/mol. The number of anilines is 1. The van der Waals surface area contributed by atoms with E-state index in [1.807, 2.05) is 0 Å². The molecule has 4 nitrogen and oxygen atoms in total. The van der Waals surface area contributed by atoms with Crippen LogP contribution in [0, 0.1) is 0 Å². The maximum Gasteiger partial charge on any atom is 0.416 e. The number of carbonyl (C=O) groups excluding carboxylic acids is 1. The zero-order valence-electron chi connectivity index (χ0n) is 12.8. The molecule has 3 rings (SSSR count). The van der Waals surface area contributed by atoms with Crippen LogP contribution < -0.4 is 5.32 Å². The van der Waals surface area contributed by atoms with E-state index < -0.39 is 17.6 Å². The van der Waals surface area contributed by atoms with Gasteiger partial charge in [0, 0.05) is 5.56 Å². The Balaban J connectivity index is 1.80. The summed E-state index contributed by atoms with van der Waals surface area (Å²) < 4.78 is 42.9. The van der Waals surface area contributed by atoms with Crippen molar-refractivity contribution in [3.05, 3.63) is 70.0 Å². The van der Waals surface area contributed by atoms with Crippen molar-refractivity contribution in [2.75, 3.05) is 5.32 Å². The number of benzene rings is 2. The molecule has 0 aliphatic heterocycles. The van der Waals surface area contributed by atoms with Crippen LogP contribution in [0.5, 0.6) is 0 Å². The van der Waals surface area contributed by atoms with Gasteiger partial charge in [-0.25, -0.2) is 4.98 Å². The van der Waals surface area contributed by atoms with E-state index in [1.165, 1.54) is 12.1 Å². The van der Waals surface area contributed by atoms with Gasteiger partial charge >= 0.3 is 6.18 Å². The number of rotatable bonds is 3. The highest BCUT2D eigenvalue weighted by Gasteiger charge is 2.30. The summed E-state index contributed by atoms with van der Waals surface area (Å²) in [5.41, 5.74) is -0.345. The SMILES string of the molecule is O=C(Nc1c(Cl)cccc1Cl)c1coc(-c2ccc(C(F)(F)F)cc2)n1. The van der Waals surface area contributed by atoms with Crippen molar-refractivity contribution >= 4 is 34.8 Å². The molecule has 0 spiro atoms. The third-order valence-corrected chi connectivity index (χ3v) is 4.03. The predicted octanol–water partition coefficient (Wildman–Crippen LogP) is 5.92. The molecule has 1 aromatic heterocycles. The summed E-state index contributed by atoms with van der Waals surface area (Å²) in [6.07, 6.45) is -3.35. The summed E-state index contributed by atoms with van der Waals surface area (Å²) in [5, 5.41) is 3.01. The molecule has 0 saturated carbocycles. The number of para-hydroxylation sites is 1. The molecule has 0 aliphatic carbocycles. The van der Waals surface area contributed by atoms with E-state index in [0.29, 0.717) is 5.56 Å². The van der Waals surface area contributed by atoms with E-state index in [9.17, 15) is 18.0 Å². The molecule has 134 valence electrons. The first-order valence-corrected chi connectivity index (χ1v) is 7.90. The quantitative estimate of drug-likeness (QED) is 0.593. The van der Waals surface area contributed by atoms with Gasteiger partial charge < -0.3 is 9.73 Å². The Morgan fingerprint density at radius 1 is 1.04 bits per heavy atom. The minimum atomic E-state index is -4.44. The van der Waals surface area contributed by atoms with E-state index in [4.69, 9.17) is 27.6 Å². The molecule has 0 fully saturated rings. The summed E-state index contributed by atoms with van der Waals surface area (Å²) in [6.45, 7) is 0. The standard InChI is InChI=1S/C17H9Cl2F3N2O2/c18-11-2-1-3-12(19)14(11)24-15(25)13-8-26-16(23-13)9-4-6-10(7-5-9)17(20,21)22/h1-8H,(H,24,25). The maximum atomic E-state index is 12.6. The lowest BCUT2D eigenvalue weighted by atomic mass is 10.1. The zero-order valence-corrected chi connectivity index (χ0v) is 14.3. The van der Waals surface area contributed by atoms with Crippen LogP contribution in [-0.2, 0) is 6.18 Å². The van der Waals surface area contributed by atoms with Crippen LogP contribution in [0.3, 0.4) is 0 Å². The number of nitrogens with one attached hydrogen (secondary N) is 1. The van der Waals surface area contributed by atoms with E-state index in [2.05, 4.69) is 10.3 Å². The number of nitrogens with zero attached hydrogens (tertiary/aromatic N) is 1. The summed E-state index contributed by atoms with van der Waals surface area (Å²) in [7, 11) is 0. The molecule has 3 aromatic rings. The largest absolute Gasteiger partial charge is 0.444 e. The molecule has 0 saturated heterocycles. The number of alkyl halides is 3. The van der Waals surface area contributed by atoms with Gasteiger partial charge in [0.15, 0.2) is 5.69 Å². The predicted molar refractivity (Wildman–Crippen MR) is 91.4 cm³/mol. The van der Waals surface area contributed by atoms with Gasteiger partial charge in [0.25, 0.3) is 5.91 Å². The van der Waals surface area contributed by atoms with Crippen molar-refractivity contribution in [1.29, 1.82) is 0 Å². The molecule has 0 bridgehead atoms. The van der Waals surface area contributed by atoms with E-state index in [-0.39, 0.29) is 27.3 Å². The Labute approximate surface area is 155 Å². The minimum Gasteiger partial charge on any atom is -0.444 e. The summed E-state index contributed by atoms with van der Waals surface area (Å²) in [5.74, 6) is -0.615. The number of carbonyl (C=O) groups is 1. The van der Waals surface area contributed by atoms with Crippen LogP contribution in [0.25, 0.3) is 11.5 Å². The molecule has 1 amide bonds. The van der Waals surface area contributed by atoms with Crippen LogP contribution in [-0.4, -0.2) is 10.9 Å². The van der Waals surface area contributed by atoms with Gasteiger partial charge in [0.05, 0.1) is 21.3 Å². The Morgan fingerprint density at radius 3 is 2.23 bits per heavy atom. The fourth-order valence-electron chi connectivity index (χ4n) is 2.11. The Bertz CT molecular complexity index is 933. The van der Waals surface area contributed by atoms with Gasteiger partial charge in [0.2, 0.25) is 5.89 Å². The Kier molecular flexibility index (Phi) is 4.93. The number of hydrogen-bond acceptors (Lipinski definition) is 3. The number of oxazole rings is 1. The van der Waals surface area contributed by atoms with Crippen LogP contribution >= 0.6 is 23.2 Å². The van der Waals surface area contributed by atoms with Crippen molar-refractivity contribution in [2.45, 2.75) is 6.18 Å². The van der Waals surface area contributed by atoms with Crippen molar-refractivity contribution in [1.82, 2.24) is 4.98 Å². The molecule has 26 heavy (non-hydrogen) atoms. The topological polar surface area (TPSA) is 55.1 Å². The number of hydrogen-bond donors (Lipinski definition) is 1. The lowest BCUT2D eigenvalue weighted by Gasteiger charge is -2.07. The fourth-order valence-corrected chi connectivity index (χ4v) is 2.60. The lowest BCUT2D eigenvalue weighted by molar-refractivity contribution is -0.137. The highest BCUT2D eigenvalue weighted by molar-refractivity contribution is 6.39. The third-order valence-electron chi connectivity index (χ3n) is 3.40. The summed E-state index contributed by atoms with van der Waals surface area (Å²) in [4.78, 5) is 16.2. The Hall–Kier alpha value is -2.51. The van der Waals surface area contributed by atoms with Gasteiger partial charge in [-0.1, -0.05) is 29.3 Å². The van der Waals surface area contributed by atoms with Crippen LogP contribution in [0.15, 0.2) is 53.1 Å². The van der Waals surface area contributed by atoms with E-state index in [0.717, 1.165) is 18.4 Å². The second-order valence-corrected chi connectivity index (χ2v) is 5.98. The third kappa shape index (κ3) is 3.84. The highest BCUT2D eigenvalue weighted by Crippen LogP contribution is 2.32. The highest BCUT2D eigenvalue weighted by atomic mass is 35.5. The van der Waals surface area contributed by atoms with Crippen LogP contribution in [0.1, 0.15) is 16.1 Å². The van der Waals surface area contributed by atoms with Gasteiger partial charge in [-0.3, -0.25) is 4.79 Å². The molecule has 0 radical (unpaired) electrons. The number of amides is 1. The molecular formula is C17H9Cl2F3N2O2. The normalized spacial score (nSPS) is 11.4. The fraction of sp³-hybridized carbons (Fsp3) is 0.0588. The lowest BCUT2D eigenvalue weighted by Crippen LogP contribution is -2.13. The summed E-state index contributed by atoms with van der Waals surface area (Å²) >= 11 is 12.0. The summed E-state index contributed by atoms with van der Waals surface area (Å²) in [6, 6.07) is 8.96. The molecule has 0 aliphatic rings. The molecule has 2 aromatic carbocycles. The average Bonchev–Trinajstić information content (AvgIpc) is 3.08. The first-order valence-electron chi connectivity index (χ1n) is 7.14. The Morgan fingerprint density at radius 2 is 1.65 bits per heavy atom.